The third-order valence-corrected chi connectivity index (χ3v) is 6.16. The summed E-state index contributed by atoms with van der Waals surface area (Å²) in [5.74, 6) is 1.38. The van der Waals surface area contributed by atoms with Crippen LogP contribution in [-0.2, 0) is 0 Å². The maximum atomic E-state index is 13.1. The number of benzene rings is 1. The fraction of sp³-hybridized carbons (Fsp3) is 0.174. The smallest absolute Gasteiger partial charge is 0.283 e. The number of thiophene rings is 1. The highest BCUT2D eigenvalue weighted by molar-refractivity contribution is 7.21. The SMILES string of the molecule is COc1cc(/C=N/NC(=O)c2sc3nc(C)cc(C)c3c2-n2cccc2)cc2c1OCO2. The molecule has 8 nitrogen and oxygen atoms in total. The monoisotopic (exact) mass is 448 g/mol. The van der Waals surface area contributed by atoms with Gasteiger partial charge < -0.3 is 18.8 Å². The maximum Gasteiger partial charge on any atom is 0.283 e. The van der Waals surface area contributed by atoms with Crippen LogP contribution in [0.15, 0.2) is 47.8 Å². The number of nitrogens with one attached hydrogen (secondary N) is 1. The third kappa shape index (κ3) is 3.46. The number of hydrogen-bond donors (Lipinski definition) is 1. The Kier molecular flexibility index (Phi) is 5.02. The number of methoxy groups -OCH3 is 1. The van der Waals surface area contributed by atoms with Crippen LogP contribution < -0.4 is 19.6 Å². The van der Waals surface area contributed by atoms with Crippen molar-refractivity contribution in [3.63, 3.8) is 0 Å². The molecule has 4 heterocycles. The lowest BCUT2D eigenvalue weighted by Gasteiger charge is -2.07. The first-order valence-electron chi connectivity index (χ1n) is 9.90. The molecule has 1 aliphatic heterocycles. The van der Waals surface area contributed by atoms with Gasteiger partial charge in [0.2, 0.25) is 12.5 Å². The third-order valence-electron chi connectivity index (χ3n) is 5.09. The van der Waals surface area contributed by atoms with E-state index in [4.69, 9.17) is 14.2 Å². The van der Waals surface area contributed by atoms with E-state index in [0.29, 0.717) is 27.7 Å². The van der Waals surface area contributed by atoms with Crippen LogP contribution in [0.25, 0.3) is 15.9 Å². The van der Waals surface area contributed by atoms with Crippen LogP contribution in [-0.4, -0.2) is 35.6 Å². The number of rotatable bonds is 5. The summed E-state index contributed by atoms with van der Waals surface area (Å²) in [5, 5.41) is 5.12. The van der Waals surface area contributed by atoms with Crippen molar-refractivity contribution in [3.8, 4) is 22.9 Å². The van der Waals surface area contributed by atoms with Crippen LogP contribution in [0.1, 0.15) is 26.5 Å². The van der Waals surface area contributed by atoms with Crippen molar-refractivity contribution in [1.29, 1.82) is 0 Å². The van der Waals surface area contributed by atoms with Gasteiger partial charge in [0.1, 0.15) is 9.71 Å². The van der Waals surface area contributed by atoms with E-state index in [1.54, 1.807) is 25.5 Å². The van der Waals surface area contributed by atoms with Gasteiger partial charge in [-0.15, -0.1) is 11.3 Å². The Hall–Kier alpha value is -3.85. The van der Waals surface area contributed by atoms with E-state index in [-0.39, 0.29) is 12.7 Å². The van der Waals surface area contributed by atoms with Gasteiger partial charge in [-0.05, 0) is 49.7 Å². The first kappa shape index (κ1) is 20.1. The van der Waals surface area contributed by atoms with Crippen LogP contribution in [0.2, 0.25) is 0 Å². The summed E-state index contributed by atoms with van der Waals surface area (Å²) >= 11 is 1.35. The van der Waals surface area contributed by atoms with E-state index in [2.05, 4.69) is 15.5 Å². The average Bonchev–Trinajstić information content (AvgIpc) is 3.51. The summed E-state index contributed by atoms with van der Waals surface area (Å²) in [5.41, 5.74) is 6.14. The Bertz CT molecular complexity index is 1360. The van der Waals surface area contributed by atoms with Crippen molar-refractivity contribution in [1.82, 2.24) is 15.0 Å². The minimum absolute atomic E-state index is 0.143. The van der Waals surface area contributed by atoms with Crippen LogP contribution in [0.3, 0.4) is 0 Å². The number of carbonyl (C=O) groups excluding carboxylic acids is 1. The highest BCUT2D eigenvalue weighted by Crippen LogP contribution is 2.41. The van der Waals surface area contributed by atoms with E-state index < -0.39 is 0 Å². The predicted molar refractivity (Wildman–Crippen MR) is 123 cm³/mol. The van der Waals surface area contributed by atoms with E-state index >= 15 is 0 Å². The fourth-order valence-electron chi connectivity index (χ4n) is 3.75. The van der Waals surface area contributed by atoms with Gasteiger partial charge >= 0.3 is 0 Å². The molecule has 5 rings (SSSR count). The molecule has 0 fully saturated rings. The summed E-state index contributed by atoms with van der Waals surface area (Å²) in [6.45, 7) is 4.12. The Morgan fingerprint density at radius 2 is 2.06 bits per heavy atom. The average molecular weight is 449 g/mol. The minimum atomic E-state index is -0.308. The second-order valence-electron chi connectivity index (χ2n) is 7.29. The topological polar surface area (TPSA) is 87.0 Å². The quantitative estimate of drug-likeness (QED) is 0.365. The Morgan fingerprint density at radius 3 is 2.84 bits per heavy atom. The summed E-state index contributed by atoms with van der Waals surface area (Å²) < 4.78 is 18.1. The lowest BCUT2D eigenvalue weighted by atomic mass is 10.1. The molecular formula is C23H20N4O4S. The van der Waals surface area contributed by atoms with Gasteiger partial charge in [0.25, 0.3) is 5.91 Å². The number of hydrazone groups is 1. The first-order chi connectivity index (χ1) is 15.5. The summed E-state index contributed by atoms with van der Waals surface area (Å²) in [6.07, 6.45) is 5.37. The molecule has 0 atom stereocenters. The van der Waals surface area contributed by atoms with E-state index in [1.165, 1.54) is 11.3 Å². The molecule has 0 radical (unpaired) electrons. The number of pyridine rings is 1. The molecule has 0 saturated heterocycles. The zero-order valence-corrected chi connectivity index (χ0v) is 18.5. The largest absolute Gasteiger partial charge is 0.493 e. The molecule has 3 aromatic heterocycles. The molecule has 1 aromatic carbocycles. The van der Waals surface area contributed by atoms with Gasteiger partial charge in [-0.3, -0.25) is 4.79 Å². The second kappa shape index (κ2) is 8.01. The van der Waals surface area contributed by atoms with Gasteiger partial charge in [-0.1, -0.05) is 0 Å². The van der Waals surface area contributed by atoms with Crippen LogP contribution in [0.5, 0.6) is 17.2 Å². The molecule has 9 heteroatoms. The lowest BCUT2D eigenvalue weighted by molar-refractivity contribution is 0.0959. The predicted octanol–water partition coefficient (Wildman–Crippen LogP) is 4.21. The Morgan fingerprint density at radius 1 is 1.25 bits per heavy atom. The second-order valence-corrected chi connectivity index (χ2v) is 8.29. The molecule has 0 spiro atoms. The number of aryl methyl sites for hydroxylation is 2. The molecule has 0 bridgehead atoms. The highest BCUT2D eigenvalue weighted by Gasteiger charge is 2.22. The summed E-state index contributed by atoms with van der Waals surface area (Å²) in [6, 6.07) is 9.42. The standard InChI is InChI=1S/C23H20N4O4S/c1-13-8-14(2)25-23-18(13)19(27-6-4-5-7-27)21(32-23)22(28)26-24-11-15-9-16(29-3)20-17(10-15)30-12-31-20/h4-11H,12H2,1-3H3,(H,26,28)/b24-11+. The molecule has 1 aliphatic rings. The number of amides is 1. The van der Waals surface area contributed by atoms with Crippen molar-refractivity contribution < 1.29 is 19.0 Å². The first-order valence-corrected chi connectivity index (χ1v) is 10.7. The maximum absolute atomic E-state index is 13.1. The molecule has 0 aliphatic carbocycles. The number of carbonyl (C=O) groups is 1. The molecule has 4 aromatic rings. The number of hydrogen-bond acceptors (Lipinski definition) is 7. The van der Waals surface area contributed by atoms with Crippen molar-refractivity contribution in [2.45, 2.75) is 13.8 Å². The zero-order valence-electron chi connectivity index (χ0n) is 17.7. The van der Waals surface area contributed by atoms with E-state index in [1.807, 2.05) is 49.0 Å². The number of ether oxygens (including phenoxy) is 3. The van der Waals surface area contributed by atoms with Crippen molar-refractivity contribution >= 4 is 33.7 Å². The van der Waals surface area contributed by atoms with E-state index in [9.17, 15) is 4.79 Å². The summed E-state index contributed by atoms with van der Waals surface area (Å²) in [4.78, 5) is 19.1. The molecule has 1 N–H and O–H groups in total. The molecule has 0 saturated carbocycles. The lowest BCUT2D eigenvalue weighted by Crippen LogP contribution is -2.18. The van der Waals surface area contributed by atoms with Crippen molar-refractivity contribution in [3.05, 3.63) is 64.4 Å². The van der Waals surface area contributed by atoms with Crippen LogP contribution in [0, 0.1) is 13.8 Å². The molecule has 162 valence electrons. The van der Waals surface area contributed by atoms with Crippen LogP contribution >= 0.6 is 11.3 Å². The Labute approximate surface area is 188 Å². The summed E-state index contributed by atoms with van der Waals surface area (Å²) in [7, 11) is 1.56. The fourth-order valence-corrected chi connectivity index (χ4v) is 4.93. The van der Waals surface area contributed by atoms with Crippen LogP contribution in [0.4, 0.5) is 0 Å². The minimum Gasteiger partial charge on any atom is -0.493 e. The normalized spacial score (nSPS) is 12.6. The van der Waals surface area contributed by atoms with Gasteiger partial charge in [0, 0.05) is 29.0 Å². The number of fused-ring (bicyclic) bond motifs is 2. The molecular weight excluding hydrogens is 428 g/mol. The molecule has 32 heavy (non-hydrogen) atoms. The van der Waals surface area contributed by atoms with Gasteiger partial charge in [-0.25, -0.2) is 10.4 Å². The number of aromatic nitrogens is 2. The van der Waals surface area contributed by atoms with Crippen molar-refractivity contribution in [2.24, 2.45) is 5.10 Å². The highest BCUT2D eigenvalue weighted by atomic mass is 32.1. The van der Waals surface area contributed by atoms with Gasteiger partial charge in [0.05, 0.1) is 19.0 Å². The van der Waals surface area contributed by atoms with Gasteiger partial charge in [-0.2, -0.15) is 5.10 Å². The van der Waals surface area contributed by atoms with Crippen molar-refractivity contribution in [2.75, 3.05) is 13.9 Å². The molecule has 1 amide bonds. The van der Waals surface area contributed by atoms with Gasteiger partial charge in [0.15, 0.2) is 11.5 Å². The zero-order chi connectivity index (χ0) is 22.2. The number of nitrogens with zero attached hydrogens (tertiary/aromatic N) is 3. The molecule has 0 unspecified atom stereocenters. The Balaban J connectivity index is 1.47. The van der Waals surface area contributed by atoms with E-state index in [0.717, 1.165) is 27.2 Å².